The first-order valence-electron chi connectivity index (χ1n) is 8.06. The lowest BCUT2D eigenvalue weighted by atomic mass is 10.0. The number of carbonyl (C=O) groups is 1. The zero-order valence-corrected chi connectivity index (χ0v) is 13.7. The molecule has 3 rings (SSSR count). The third-order valence-electron chi connectivity index (χ3n) is 4.19. The fourth-order valence-corrected chi connectivity index (χ4v) is 2.90. The molecule has 9 heteroatoms. The summed E-state index contributed by atoms with van der Waals surface area (Å²) >= 11 is 0. The minimum absolute atomic E-state index is 0.0610. The molecule has 6 nitrogen and oxygen atoms in total. The van der Waals surface area contributed by atoms with E-state index in [9.17, 15) is 18.0 Å². The van der Waals surface area contributed by atoms with E-state index < -0.39 is 11.7 Å². The van der Waals surface area contributed by atoms with Crippen molar-refractivity contribution in [2.45, 2.75) is 32.5 Å². The summed E-state index contributed by atoms with van der Waals surface area (Å²) in [7, 11) is 0. The van der Waals surface area contributed by atoms with Crippen molar-refractivity contribution < 1.29 is 18.0 Å². The second kappa shape index (κ2) is 6.81. The summed E-state index contributed by atoms with van der Waals surface area (Å²) < 4.78 is 38.4. The molecule has 0 N–H and O–H groups in total. The molecule has 1 fully saturated rings. The molecule has 1 aliphatic rings. The van der Waals surface area contributed by atoms with Crippen LogP contribution in [0.1, 0.15) is 25.3 Å². The summed E-state index contributed by atoms with van der Waals surface area (Å²) in [5.74, 6) is 0.410. The first-order valence-corrected chi connectivity index (χ1v) is 8.06. The lowest BCUT2D eigenvalue weighted by Gasteiger charge is -2.30. The second-order valence-corrected chi connectivity index (χ2v) is 6.31. The summed E-state index contributed by atoms with van der Waals surface area (Å²) in [5.41, 5.74) is -0.570. The van der Waals surface area contributed by atoms with Crippen molar-refractivity contribution in [3.05, 3.63) is 29.8 Å². The Labute approximate surface area is 142 Å². The van der Waals surface area contributed by atoms with Gasteiger partial charge in [0.25, 0.3) is 0 Å². The Morgan fingerprint density at radius 1 is 1.36 bits per heavy atom. The van der Waals surface area contributed by atoms with Crippen LogP contribution in [0.4, 0.5) is 13.2 Å². The lowest BCUT2D eigenvalue weighted by molar-refractivity contribution is -0.137. The van der Waals surface area contributed by atoms with E-state index in [2.05, 4.69) is 22.3 Å². The van der Waals surface area contributed by atoms with Crippen LogP contribution in [0.5, 0.6) is 0 Å². The smallest absolute Gasteiger partial charge is 0.341 e. The maximum absolute atomic E-state index is 12.8. The van der Waals surface area contributed by atoms with Gasteiger partial charge in [-0.3, -0.25) is 4.79 Å². The molecule has 0 bridgehead atoms. The topological polar surface area (TPSA) is 63.9 Å². The maximum atomic E-state index is 12.8. The normalized spacial score (nSPS) is 18.4. The fourth-order valence-electron chi connectivity index (χ4n) is 2.90. The van der Waals surface area contributed by atoms with Crippen molar-refractivity contribution >= 4 is 5.91 Å². The zero-order chi connectivity index (χ0) is 18.0. The molecule has 0 radical (unpaired) electrons. The Kier molecular flexibility index (Phi) is 4.73. The summed E-state index contributed by atoms with van der Waals surface area (Å²) in [6, 6.07) is 4.72. The maximum Gasteiger partial charge on any atom is 0.416 e. The number of aromatic nitrogens is 4. The SMILES string of the molecule is CC1CCCN(C(=O)Cn2nnc(-c3cccc(C(F)(F)F)c3)n2)C1. The summed E-state index contributed by atoms with van der Waals surface area (Å²) in [6.07, 6.45) is -2.37. The highest BCUT2D eigenvalue weighted by molar-refractivity contribution is 5.75. The van der Waals surface area contributed by atoms with Gasteiger partial charge in [-0.05, 0) is 36.1 Å². The van der Waals surface area contributed by atoms with Crippen LogP contribution in [0.2, 0.25) is 0 Å². The Hall–Kier alpha value is -2.45. The third-order valence-corrected chi connectivity index (χ3v) is 4.19. The highest BCUT2D eigenvalue weighted by atomic mass is 19.4. The molecule has 0 aliphatic carbocycles. The van der Waals surface area contributed by atoms with E-state index >= 15 is 0 Å². The fraction of sp³-hybridized carbons (Fsp3) is 0.500. The van der Waals surface area contributed by atoms with E-state index in [1.165, 1.54) is 12.1 Å². The highest BCUT2D eigenvalue weighted by Crippen LogP contribution is 2.31. The number of piperidine rings is 1. The average molecular weight is 353 g/mol. The standard InChI is InChI=1S/C16H18F3N5O/c1-11-4-3-7-23(9-11)14(25)10-24-21-15(20-22-24)12-5-2-6-13(8-12)16(17,18)19/h2,5-6,8,11H,3-4,7,9-10H2,1H3. The van der Waals surface area contributed by atoms with E-state index in [0.29, 0.717) is 19.0 Å². The van der Waals surface area contributed by atoms with Crippen LogP contribution in [-0.4, -0.2) is 44.1 Å². The van der Waals surface area contributed by atoms with E-state index in [1.807, 2.05) is 0 Å². The Bertz CT molecular complexity index is 758. The van der Waals surface area contributed by atoms with Gasteiger partial charge in [0.2, 0.25) is 11.7 Å². The molecule has 2 aromatic rings. The van der Waals surface area contributed by atoms with Crippen LogP contribution in [-0.2, 0) is 17.5 Å². The number of carbonyl (C=O) groups excluding carboxylic acids is 1. The molecule has 25 heavy (non-hydrogen) atoms. The Morgan fingerprint density at radius 2 is 2.16 bits per heavy atom. The van der Waals surface area contributed by atoms with Gasteiger partial charge in [-0.25, -0.2) is 0 Å². The van der Waals surface area contributed by atoms with Crippen LogP contribution in [0.3, 0.4) is 0 Å². The number of tetrazole rings is 1. The van der Waals surface area contributed by atoms with Gasteiger partial charge in [0.15, 0.2) is 0 Å². The van der Waals surface area contributed by atoms with Gasteiger partial charge in [-0.15, -0.1) is 10.2 Å². The second-order valence-electron chi connectivity index (χ2n) is 6.31. The van der Waals surface area contributed by atoms with Crippen LogP contribution < -0.4 is 0 Å². The Balaban J connectivity index is 1.71. The number of likely N-dealkylation sites (tertiary alicyclic amines) is 1. The summed E-state index contributed by atoms with van der Waals surface area (Å²) in [6.45, 7) is 3.43. The quantitative estimate of drug-likeness (QED) is 0.851. The molecule has 1 aliphatic heterocycles. The molecule has 0 spiro atoms. The Morgan fingerprint density at radius 3 is 2.88 bits per heavy atom. The highest BCUT2D eigenvalue weighted by Gasteiger charge is 2.30. The molecule has 1 aromatic heterocycles. The summed E-state index contributed by atoms with van der Waals surface area (Å²) in [4.78, 5) is 15.2. The van der Waals surface area contributed by atoms with E-state index in [4.69, 9.17) is 0 Å². The number of hydrogen-bond acceptors (Lipinski definition) is 4. The molecule has 134 valence electrons. The van der Waals surface area contributed by atoms with Gasteiger partial charge in [0.1, 0.15) is 6.54 Å². The van der Waals surface area contributed by atoms with Gasteiger partial charge in [-0.2, -0.15) is 18.0 Å². The number of amides is 1. The van der Waals surface area contributed by atoms with Gasteiger partial charge in [-0.1, -0.05) is 19.1 Å². The predicted molar refractivity (Wildman–Crippen MR) is 83.2 cm³/mol. The molecule has 1 aromatic carbocycles. The van der Waals surface area contributed by atoms with Crippen LogP contribution >= 0.6 is 0 Å². The van der Waals surface area contributed by atoms with Crippen LogP contribution in [0.15, 0.2) is 24.3 Å². The van der Waals surface area contributed by atoms with Gasteiger partial charge in [0, 0.05) is 18.7 Å². The van der Waals surface area contributed by atoms with E-state index in [0.717, 1.165) is 29.8 Å². The minimum Gasteiger partial charge on any atom is -0.341 e. The van der Waals surface area contributed by atoms with Gasteiger partial charge < -0.3 is 4.90 Å². The van der Waals surface area contributed by atoms with Crippen LogP contribution in [0.25, 0.3) is 11.4 Å². The number of benzene rings is 1. The first kappa shape index (κ1) is 17.4. The number of hydrogen-bond donors (Lipinski definition) is 0. The largest absolute Gasteiger partial charge is 0.416 e. The summed E-state index contributed by atoms with van der Waals surface area (Å²) in [5, 5.41) is 11.6. The predicted octanol–water partition coefficient (Wildman–Crippen LogP) is 2.62. The first-order chi connectivity index (χ1) is 11.8. The zero-order valence-electron chi connectivity index (χ0n) is 13.7. The minimum atomic E-state index is -4.44. The number of alkyl halides is 3. The molecule has 2 heterocycles. The van der Waals surface area contributed by atoms with Crippen molar-refractivity contribution in [2.24, 2.45) is 5.92 Å². The molecule has 0 saturated carbocycles. The van der Waals surface area contributed by atoms with Gasteiger partial charge in [0.05, 0.1) is 5.56 Å². The van der Waals surface area contributed by atoms with Crippen molar-refractivity contribution in [3.8, 4) is 11.4 Å². The molecule has 1 atom stereocenters. The monoisotopic (exact) mass is 353 g/mol. The van der Waals surface area contributed by atoms with E-state index in [-0.39, 0.29) is 23.8 Å². The van der Waals surface area contributed by atoms with E-state index in [1.54, 1.807) is 4.90 Å². The average Bonchev–Trinajstić information content (AvgIpc) is 3.03. The van der Waals surface area contributed by atoms with Crippen LogP contribution in [0, 0.1) is 5.92 Å². The lowest BCUT2D eigenvalue weighted by Crippen LogP contribution is -2.41. The molecule has 1 unspecified atom stereocenters. The third kappa shape index (κ3) is 4.15. The molecular weight excluding hydrogens is 335 g/mol. The molecular formula is C16H18F3N5O. The van der Waals surface area contributed by atoms with Crippen molar-refractivity contribution in [1.82, 2.24) is 25.1 Å². The molecule has 1 saturated heterocycles. The number of rotatable bonds is 3. The molecule has 1 amide bonds. The van der Waals surface area contributed by atoms with Crippen molar-refractivity contribution in [3.63, 3.8) is 0 Å². The van der Waals surface area contributed by atoms with Crippen molar-refractivity contribution in [1.29, 1.82) is 0 Å². The van der Waals surface area contributed by atoms with Crippen molar-refractivity contribution in [2.75, 3.05) is 13.1 Å². The number of nitrogens with zero attached hydrogens (tertiary/aromatic N) is 5. The van der Waals surface area contributed by atoms with Gasteiger partial charge >= 0.3 is 6.18 Å². The number of halogens is 3.